The van der Waals surface area contributed by atoms with Crippen molar-refractivity contribution in [3.63, 3.8) is 0 Å². The van der Waals surface area contributed by atoms with Crippen LogP contribution in [0.15, 0.2) is 0 Å². The van der Waals surface area contributed by atoms with Gasteiger partial charge in [-0.2, -0.15) is 0 Å². The molecule has 2 saturated carbocycles. The zero-order valence-electron chi connectivity index (χ0n) is 13.1. The smallest absolute Gasteiger partial charge is 0.142 e. The minimum absolute atomic E-state index is 0.0395. The third-order valence-electron chi connectivity index (χ3n) is 6.39. The highest BCUT2D eigenvalue weighted by Gasteiger charge is 2.47. The highest BCUT2D eigenvalue weighted by molar-refractivity contribution is 5.87. The summed E-state index contributed by atoms with van der Waals surface area (Å²) in [6.45, 7) is 3.04. The van der Waals surface area contributed by atoms with Crippen LogP contribution in [0.5, 0.6) is 0 Å². The van der Waals surface area contributed by atoms with Gasteiger partial charge < -0.3 is 4.74 Å². The molecule has 114 valence electrons. The monoisotopic (exact) mass is 278 g/mol. The lowest BCUT2D eigenvalue weighted by atomic mass is 9.68. The predicted octanol–water partition coefficient (Wildman–Crippen LogP) is 4.66. The van der Waals surface area contributed by atoms with Gasteiger partial charge >= 0.3 is 0 Å². The molecule has 0 aromatic carbocycles. The molecule has 1 saturated heterocycles. The molecule has 3 fully saturated rings. The molecular weight excluding hydrogens is 248 g/mol. The van der Waals surface area contributed by atoms with Gasteiger partial charge in [-0.15, -0.1) is 0 Å². The molecule has 0 N–H and O–H groups in total. The molecule has 20 heavy (non-hydrogen) atoms. The van der Waals surface area contributed by atoms with E-state index in [4.69, 9.17) is 4.74 Å². The summed E-state index contributed by atoms with van der Waals surface area (Å²) in [5.41, 5.74) is 0.113. The van der Waals surface area contributed by atoms with Gasteiger partial charge in [0.1, 0.15) is 5.78 Å². The summed E-state index contributed by atoms with van der Waals surface area (Å²) in [6, 6.07) is 0. The molecule has 1 atom stereocenters. The molecule has 0 aromatic rings. The van der Waals surface area contributed by atoms with Gasteiger partial charge in [-0.3, -0.25) is 4.79 Å². The second kappa shape index (κ2) is 5.79. The van der Waals surface area contributed by atoms with Gasteiger partial charge in [0, 0.05) is 17.9 Å². The van der Waals surface area contributed by atoms with Crippen molar-refractivity contribution < 1.29 is 9.53 Å². The quantitative estimate of drug-likeness (QED) is 0.750. The van der Waals surface area contributed by atoms with E-state index in [1.165, 1.54) is 44.9 Å². The van der Waals surface area contributed by atoms with Crippen LogP contribution >= 0.6 is 0 Å². The first-order valence-electron chi connectivity index (χ1n) is 8.88. The Morgan fingerprint density at radius 3 is 2.35 bits per heavy atom. The van der Waals surface area contributed by atoms with Gasteiger partial charge in [0.2, 0.25) is 0 Å². The summed E-state index contributed by atoms with van der Waals surface area (Å²) in [4.78, 5) is 13.1. The molecule has 0 amide bonds. The third kappa shape index (κ3) is 2.56. The van der Waals surface area contributed by atoms with E-state index in [-0.39, 0.29) is 11.0 Å². The number of carbonyl (C=O) groups excluding carboxylic acids is 1. The zero-order chi connectivity index (χ0) is 14.1. The Balaban J connectivity index is 1.71. The molecule has 2 nitrogen and oxygen atoms in total. The van der Waals surface area contributed by atoms with Crippen LogP contribution in [0.3, 0.4) is 0 Å². The number of ether oxygens (including phenoxy) is 1. The average molecular weight is 278 g/mol. The molecule has 3 rings (SSSR count). The lowest BCUT2D eigenvalue weighted by molar-refractivity contribution is -0.151. The molecule has 0 radical (unpaired) electrons. The summed E-state index contributed by atoms with van der Waals surface area (Å²) in [7, 11) is 0. The highest BCUT2D eigenvalue weighted by atomic mass is 16.5. The molecule has 1 heterocycles. The molecular formula is C18H30O2. The summed E-state index contributed by atoms with van der Waals surface area (Å²) in [5.74, 6) is 0.894. The van der Waals surface area contributed by atoms with E-state index in [2.05, 4.69) is 6.92 Å². The normalized spacial score (nSPS) is 32.4. The average Bonchev–Trinajstić information content (AvgIpc) is 2.97. The Bertz CT molecular complexity index is 343. The molecule has 2 aliphatic carbocycles. The number of ketones is 1. The number of rotatable bonds is 3. The van der Waals surface area contributed by atoms with Crippen molar-refractivity contribution in [3.8, 4) is 0 Å². The maximum atomic E-state index is 13.1. The van der Waals surface area contributed by atoms with Crippen LogP contribution in [0.4, 0.5) is 0 Å². The number of hydrogen-bond acceptors (Lipinski definition) is 2. The Hall–Kier alpha value is -0.370. The Labute approximate surface area is 123 Å². The van der Waals surface area contributed by atoms with Crippen molar-refractivity contribution in [2.75, 3.05) is 6.61 Å². The Morgan fingerprint density at radius 2 is 1.70 bits per heavy atom. The standard InChI is InChI=1S/C18H30O2/c1-2-17(9-6-7-10-17)16(19)15-8-13-20-18(14-15)11-4-3-5-12-18/h15H,2-14H2,1H3. The predicted molar refractivity (Wildman–Crippen MR) is 80.7 cm³/mol. The van der Waals surface area contributed by atoms with Crippen molar-refractivity contribution >= 4 is 5.78 Å². The largest absolute Gasteiger partial charge is 0.375 e. The third-order valence-corrected chi connectivity index (χ3v) is 6.39. The summed E-state index contributed by atoms with van der Waals surface area (Å²) in [6.07, 6.45) is 14.2. The van der Waals surface area contributed by atoms with E-state index >= 15 is 0 Å². The fourth-order valence-corrected chi connectivity index (χ4v) is 5.06. The van der Waals surface area contributed by atoms with Crippen molar-refractivity contribution in [1.82, 2.24) is 0 Å². The molecule has 3 aliphatic rings. The maximum Gasteiger partial charge on any atom is 0.142 e. The second-order valence-corrected chi connectivity index (χ2v) is 7.49. The van der Waals surface area contributed by atoms with E-state index in [1.807, 2.05) is 0 Å². The first-order chi connectivity index (χ1) is 9.70. The minimum atomic E-state index is 0.0395. The molecule has 2 heteroatoms. The highest BCUT2D eigenvalue weighted by Crippen LogP contribution is 2.48. The van der Waals surface area contributed by atoms with Gasteiger partial charge in [0.15, 0.2) is 0 Å². The van der Waals surface area contributed by atoms with Gasteiger partial charge in [-0.1, -0.05) is 39.0 Å². The lowest BCUT2D eigenvalue weighted by Crippen LogP contribution is -2.46. The summed E-state index contributed by atoms with van der Waals surface area (Å²) >= 11 is 0. The second-order valence-electron chi connectivity index (χ2n) is 7.49. The molecule has 0 aromatic heterocycles. The first kappa shape index (κ1) is 14.6. The van der Waals surface area contributed by atoms with Gasteiger partial charge in [0.25, 0.3) is 0 Å². The van der Waals surface area contributed by atoms with E-state index in [0.717, 1.165) is 38.7 Å². The van der Waals surface area contributed by atoms with Gasteiger partial charge in [-0.05, 0) is 44.9 Å². The number of carbonyl (C=O) groups is 1. The van der Waals surface area contributed by atoms with Crippen LogP contribution in [-0.2, 0) is 9.53 Å². The lowest BCUT2D eigenvalue weighted by Gasteiger charge is -2.44. The van der Waals surface area contributed by atoms with Crippen molar-refractivity contribution in [2.24, 2.45) is 11.3 Å². The van der Waals surface area contributed by atoms with Gasteiger partial charge in [-0.25, -0.2) is 0 Å². The molecule has 1 spiro atoms. The topological polar surface area (TPSA) is 26.3 Å². The van der Waals surface area contributed by atoms with Crippen LogP contribution in [-0.4, -0.2) is 18.0 Å². The van der Waals surface area contributed by atoms with E-state index in [9.17, 15) is 4.79 Å². The fourth-order valence-electron chi connectivity index (χ4n) is 5.06. The van der Waals surface area contributed by atoms with E-state index in [0.29, 0.717) is 11.7 Å². The van der Waals surface area contributed by atoms with Crippen molar-refractivity contribution in [3.05, 3.63) is 0 Å². The Kier molecular flexibility index (Phi) is 4.21. The minimum Gasteiger partial charge on any atom is -0.375 e. The number of Topliss-reactive ketones (excluding diaryl/α,β-unsaturated/α-hetero) is 1. The fraction of sp³-hybridized carbons (Fsp3) is 0.944. The number of hydrogen-bond donors (Lipinski definition) is 0. The van der Waals surface area contributed by atoms with Crippen molar-refractivity contribution in [1.29, 1.82) is 0 Å². The zero-order valence-corrected chi connectivity index (χ0v) is 13.1. The van der Waals surface area contributed by atoms with Gasteiger partial charge in [0.05, 0.1) is 5.60 Å². The van der Waals surface area contributed by atoms with Crippen LogP contribution in [0.2, 0.25) is 0 Å². The molecule has 1 aliphatic heterocycles. The summed E-state index contributed by atoms with van der Waals surface area (Å²) < 4.78 is 6.16. The first-order valence-corrected chi connectivity index (χ1v) is 8.88. The maximum absolute atomic E-state index is 13.1. The summed E-state index contributed by atoms with van der Waals surface area (Å²) in [5, 5.41) is 0. The molecule has 1 unspecified atom stereocenters. The SMILES string of the molecule is CCC1(C(=O)C2CCOC3(CCCCC3)C2)CCCC1. The Morgan fingerprint density at radius 1 is 1.05 bits per heavy atom. The van der Waals surface area contributed by atoms with Crippen LogP contribution in [0.25, 0.3) is 0 Å². The molecule has 0 bridgehead atoms. The van der Waals surface area contributed by atoms with Crippen LogP contribution in [0.1, 0.15) is 84.0 Å². The van der Waals surface area contributed by atoms with E-state index < -0.39 is 0 Å². The van der Waals surface area contributed by atoms with Crippen LogP contribution < -0.4 is 0 Å². The van der Waals surface area contributed by atoms with E-state index in [1.54, 1.807) is 0 Å². The van der Waals surface area contributed by atoms with Crippen LogP contribution in [0, 0.1) is 11.3 Å². The van der Waals surface area contributed by atoms with Crippen molar-refractivity contribution in [2.45, 2.75) is 89.6 Å².